The van der Waals surface area contributed by atoms with E-state index >= 15 is 0 Å². The van der Waals surface area contributed by atoms with Crippen LogP contribution in [0.2, 0.25) is 0 Å². The van der Waals surface area contributed by atoms with E-state index in [0.29, 0.717) is 0 Å². The summed E-state index contributed by atoms with van der Waals surface area (Å²) in [6.45, 7) is 7.15. The van der Waals surface area contributed by atoms with E-state index in [9.17, 15) is 0 Å². The second-order valence-corrected chi connectivity index (χ2v) is 6.16. The summed E-state index contributed by atoms with van der Waals surface area (Å²) in [6, 6.07) is 15.3. The number of anilines is 1. The number of rotatable bonds is 6. The maximum atomic E-state index is 3.71. The average molecular weight is 347 g/mol. The molecule has 0 fully saturated rings. The molecule has 0 saturated carbocycles. The first-order valence-electron chi connectivity index (χ1n) is 7.37. The molecule has 1 N–H and O–H groups in total. The molecule has 112 valence electrons. The van der Waals surface area contributed by atoms with Gasteiger partial charge in [-0.3, -0.25) is 0 Å². The smallest absolute Gasteiger partial charge is 0.0440 e. The van der Waals surface area contributed by atoms with Crippen molar-refractivity contribution < 1.29 is 0 Å². The van der Waals surface area contributed by atoms with Crippen molar-refractivity contribution in [2.45, 2.75) is 26.9 Å². The SMILES string of the molecule is CCN(Cc1ccc(CNC)cc1Br)c1cccc(C)c1. The highest BCUT2D eigenvalue weighted by Crippen LogP contribution is 2.24. The van der Waals surface area contributed by atoms with E-state index in [1.54, 1.807) is 0 Å². The number of halogens is 1. The number of benzene rings is 2. The van der Waals surface area contributed by atoms with E-state index < -0.39 is 0 Å². The molecule has 2 rings (SSSR count). The number of aryl methyl sites for hydroxylation is 1. The fourth-order valence-electron chi connectivity index (χ4n) is 2.45. The van der Waals surface area contributed by atoms with Crippen molar-refractivity contribution >= 4 is 21.6 Å². The average Bonchev–Trinajstić information content (AvgIpc) is 2.47. The van der Waals surface area contributed by atoms with Crippen LogP contribution >= 0.6 is 15.9 Å². The molecule has 2 nitrogen and oxygen atoms in total. The molecule has 0 atom stereocenters. The van der Waals surface area contributed by atoms with Gasteiger partial charge >= 0.3 is 0 Å². The molecule has 0 saturated heterocycles. The van der Waals surface area contributed by atoms with Gasteiger partial charge in [-0.25, -0.2) is 0 Å². The summed E-state index contributed by atoms with van der Waals surface area (Å²) in [7, 11) is 1.97. The van der Waals surface area contributed by atoms with Crippen molar-refractivity contribution in [2.75, 3.05) is 18.5 Å². The Morgan fingerprint density at radius 3 is 2.57 bits per heavy atom. The fourth-order valence-corrected chi connectivity index (χ4v) is 3.00. The predicted molar refractivity (Wildman–Crippen MR) is 94.8 cm³/mol. The summed E-state index contributed by atoms with van der Waals surface area (Å²) < 4.78 is 1.18. The molecule has 0 bridgehead atoms. The monoisotopic (exact) mass is 346 g/mol. The molecule has 0 radical (unpaired) electrons. The standard InChI is InChI=1S/C18H23BrN2/c1-4-21(17-7-5-6-14(2)10-17)13-16-9-8-15(12-20-3)11-18(16)19/h5-11,20H,4,12-13H2,1-3H3. The highest BCUT2D eigenvalue weighted by Gasteiger charge is 2.08. The third kappa shape index (κ3) is 4.32. The third-order valence-electron chi connectivity index (χ3n) is 3.61. The van der Waals surface area contributed by atoms with Crippen LogP contribution in [-0.4, -0.2) is 13.6 Å². The summed E-state index contributed by atoms with van der Waals surface area (Å²) in [5.74, 6) is 0. The summed E-state index contributed by atoms with van der Waals surface area (Å²) in [5.41, 5.74) is 5.20. The van der Waals surface area contributed by atoms with Gasteiger partial charge in [-0.05, 0) is 55.8 Å². The lowest BCUT2D eigenvalue weighted by molar-refractivity contribution is 0.808. The zero-order valence-corrected chi connectivity index (χ0v) is 14.6. The summed E-state index contributed by atoms with van der Waals surface area (Å²) in [4.78, 5) is 2.39. The Balaban J connectivity index is 2.19. The Kier molecular flexibility index (Phi) is 5.83. The molecule has 21 heavy (non-hydrogen) atoms. The number of hydrogen-bond donors (Lipinski definition) is 1. The molecule has 3 heteroatoms. The van der Waals surface area contributed by atoms with Crippen LogP contribution in [0, 0.1) is 6.92 Å². The normalized spacial score (nSPS) is 10.7. The van der Waals surface area contributed by atoms with Gasteiger partial charge in [0.2, 0.25) is 0 Å². The van der Waals surface area contributed by atoms with E-state index in [2.05, 4.69) is 82.5 Å². The largest absolute Gasteiger partial charge is 0.367 e. The molecular formula is C18H23BrN2. The Hall–Kier alpha value is -1.32. The van der Waals surface area contributed by atoms with Gasteiger partial charge in [0.05, 0.1) is 0 Å². The van der Waals surface area contributed by atoms with Crippen LogP contribution in [0.3, 0.4) is 0 Å². The molecule has 0 aliphatic rings. The minimum absolute atomic E-state index is 0.897. The molecule has 0 aromatic heterocycles. The van der Waals surface area contributed by atoms with Gasteiger partial charge < -0.3 is 10.2 Å². The maximum Gasteiger partial charge on any atom is 0.0440 e. The van der Waals surface area contributed by atoms with Crippen LogP contribution in [0.4, 0.5) is 5.69 Å². The number of nitrogens with one attached hydrogen (secondary N) is 1. The van der Waals surface area contributed by atoms with E-state index in [0.717, 1.165) is 19.6 Å². The Morgan fingerprint density at radius 1 is 1.14 bits per heavy atom. The quantitative estimate of drug-likeness (QED) is 0.828. The first kappa shape index (κ1) is 16.1. The highest BCUT2D eigenvalue weighted by molar-refractivity contribution is 9.10. The van der Waals surface area contributed by atoms with E-state index in [4.69, 9.17) is 0 Å². The van der Waals surface area contributed by atoms with Crippen LogP contribution in [0.15, 0.2) is 46.9 Å². The van der Waals surface area contributed by atoms with Gasteiger partial charge in [-0.15, -0.1) is 0 Å². The van der Waals surface area contributed by atoms with Crippen molar-refractivity contribution in [1.29, 1.82) is 0 Å². The second kappa shape index (κ2) is 7.62. The fraction of sp³-hybridized carbons (Fsp3) is 0.333. The minimum atomic E-state index is 0.897. The predicted octanol–water partition coefficient (Wildman–Crippen LogP) is 4.50. The van der Waals surface area contributed by atoms with Gasteiger partial charge in [-0.2, -0.15) is 0 Å². The van der Waals surface area contributed by atoms with E-state index in [1.807, 2.05) is 7.05 Å². The lowest BCUT2D eigenvalue weighted by Gasteiger charge is -2.24. The van der Waals surface area contributed by atoms with Gasteiger partial charge in [0.25, 0.3) is 0 Å². The number of hydrogen-bond acceptors (Lipinski definition) is 2. The van der Waals surface area contributed by atoms with Gasteiger partial charge in [0, 0.05) is 29.8 Å². The molecule has 0 aliphatic heterocycles. The van der Waals surface area contributed by atoms with Crippen LogP contribution in [0.5, 0.6) is 0 Å². The Morgan fingerprint density at radius 2 is 1.95 bits per heavy atom. The number of nitrogens with zero attached hydrogens (tertiary/aromatic N) is 1. The molecule has 0 spiro atoms. The van der Waals surface area contributed by atoms with Crippen molar-refractivity contribution in [3.05, 3.63) is 63.6 Å². The van der Waals surface area contributed by atoms with Crippen LogP contribution < -0.4 is 10.2 Å². The first-order chi connectivity index (χ1) is 10.1. The molecule has 0 aliphatic carbocycles. The van der Waals surface area contributed by atoms with Crippen molar-refractivity contribution in [2.24, 2.45) is 0 Å². The molecule has 2 aromatic carbocycles. The maximum absolute atomic E-state index is 3.71. The van der Waals surface area contributed by atoms with Gasteiger partial charge in [-0.1, -0.05) is 40.2 Å². The summed E-state index contributed by atoms with van der Waals surface area (Å²) in [5, 5.41) is 3.18. The Bertz CT molecular complexity index is 596. The summed E-state index contributed by atoms with van der Waals surface area (Å²) >= 11 is 3.71. The molecule has 0 heterocycles. The molecule has 2 aromatic rings. The molecule has 0 unspecified atom stereocenters. The minimum Gasteiger partial charge on any atom is -0.367 e. The molecule has 0 amide bonds. The van der Waals surface area contributed by atoms with Crippen LogP contribution in [0.1, 0.15) is 23.6 Å². The molecular weight excluding hydrogens is 324 g/mol. The van der Waals surface area contributed by atoms with Gasteiger partial charge in [0.1, 0.15) is 0 Å². The topological polar surface area (TPSA) is 15.3 Å². The van der Waals surface area contributed by atoms with Crippen molar-refractivity contribution in [1.82, 2.24) is 5.32 Å². The van der Waals surface area contributed by atoms with Gasteiger partial charge in [0.15, 0.2) is 0 Å². The first-order valence-corrected chi connectivity index (χ1v) is 8.17. The van der Waals surface area contributed by atoms with E-state index in [-0.39, 0.29) is 0 Å². The zero-order valence-electron chi connectivity index (χ0n) is 13.0. The second-order valence-electron chi connectivity index (χ2n) is 5.31. The Labute approximate surface area is 136 Å². The zero-order chi connectivity index (χ0) is 15.2. The highest BCUT2D eigenvalue weighted by atomic mass is 79.9. The van der Waals surface area contributed by atoms with Crippen molar-refractivity contribution in [3.63, 3.8) is 0 Å². The lowest BCUT2D eigenvalue weighted by Crippen LogP contribution is -2.22. The third-order valence-corrected chi connectivity index (χ3v) is 4.35. The summed E-state index contributed by atoms with van der Waals surface area (Å²) in [6.07, 6.45) is 0. The van der Waals surface area contributed by atoms with Crippen molar-refractivity contribution in [3.8, 4) is 0 Å². The van der Waals surface area contributed by atoms with Crippen LogP contribution in [0.25, 0.3) is 0 Å². The van der Waals surface area contributed by atoms with Crippen LogP contribution in [-0.2, 0) is 13.1 Å². The lowest BCUT2D eigenvalue weighted by atomic mass is 10.1. The van der Waals surface area contributed by atoms with E-state index in [1.165, 1.54) is 26.9 Å².